The number of rotatable bonds is 8. The van der Waals surface area contributed by atoms with Crippen molar-refractivity contribution in [2.75, 3.05) is 39.2 Å². The smallest absolute Gasteiger partial charge is 0.321 e. The molecule has 7 heteroatoms. The Balaban J connectivity index is 1.33. The Morgan fingerprint density at radius 3 is 2.52 bits per heavy atom. The molecule has 0 bridgehead atoms. The molecule has 2 fully saturated rings. The summed E-state index contributed by atoms with van der Waals surface area (Å²) < 4.78 is 10.6. The number of hydrogen-bond acceptors (Lipinski definition) is 5. The van der Waals surface area contributed by atoms with Gasteiger partial charge in [-0.2, -0.15) is 0 Å². The number of likely N-dealkylation sites (tertiary alicyclic amines) is 1. The zero-order chi connectivity index (χ0) is 20.2. The van der Waals surface area contributed by atoms with Crippen LogP contribution in [0.3, 0.4) is 0 Å². The van der Waals surface area contributed by atoms with E-state index in [1.807, 2.05) is 23.4 Å². The number of nitrogens with zero attached hydrogens (tertiary/aromatic N) is 3. The number of ether oxygens (including phenoxy) is 2. The highest BCUT2D eigenvalue weighted by Crippen LogP contribution is 2.33. The Morgan fingerprint density at radius 1 is 1.14 bits per heavy atom. The number of benzene rings is 1. The van der Waals surface area contributed by atoms with Crippen molar-refractivity contribution in [2.24, 2.45) is 5.92 Å². The fourth-order valence-electron chi connectivity index (χ4n) is 3.67. The Labute approximate surface area is 171 Å². The predicted molar refractivity (Wildman–Crippen MR) is 111 cm³/mol. The largest absolute Gasteiger partial charge is 0.493 e. The third-order valence-corrected chi connectivity index (χ3v) is 5.63. The number of anilines is 1. The molecule has 0 spiro atoms. The fraction of sp³-hybridized carbons (Fsp3) is 0.455. The molecule has 4 rings (SSSR count). The van der Waals surface area contributed by atoms with E-state index in [1.54, 1.807) is 26.4 Å². The van der Waals surface area contributed by atoms with Crippen molar-refractivity contribution in [1.29, 1.82) is 0 Å². The molecule has 0 radical (unpaired) electrons. The van der Waals surface area contributed by atoms with Gasteiger partial charge in [0.25, 0.3) is 0 Å². The van der Waals surface area contributed by atoms with Crippen molar-refractivity contribution in [3.63, 3.8) is 0 Å². The zero-order valence-electron chi connectivity index (χ0n) is 17.0. The maximum absolute atomic E-state index is 12.6. The minimum atomic E-state index is -0.0799. The van der Waals surface area contributed by atoms with Gasteiger partial charge in [0.15, 0.2) is 11.5 Å². The Kier molecular flexibility index (Phi) is 5.85. The van der Waals surface area contributed by atoms with Crippen LogP contribution in [-0.2, 0) is 6.54 Å². The van der Waals surface area contributed by atoms with Gasteiger partial charge in [-0.05, 0) is 48.6 Å². The van der Waals surface area contributed by atoms with Gasteiger partial charge < -0.3 is 19.7 Å². The third kappa shape index (κ3) is 4.79. The van der Waals surface area contributed by atoms with Gasteiger partial charge in [-0.1, -0.05) is 0 Å². The lowest BCUT2D eigenvalue weighted by Gasteiger charge is -2.45. The fourth-order valence-corrected chi connectivity index (χ4v) is 3.67. The number of carbonyl (C=O) groups excluding carboxylic acids is 1. The molecular weight excluding hydrogens is 368 g/mol. The minimum Gasteiger partial charge on any atom is -0.493 e. The van der Waals surface area contributed by atoms with E-state index in [0.29, 0.717) is 23.2 Å². The molecular formula is C22H28N4O3. The Hall–Kier alpha value is -2.80. The molecule has 1 aliphatic heterocycles. The van der Waals surface area contributed by atoms with Gasteiger partial charge in [-0.3, -0.25) is 9.88 Å². The summed E-state index contributed by atoms with van der Waals surface area (Å²) in [5, 5.41) is 2.96. The topological polar surface area (TPSA) is 66.9 Å². The van der Waals surface area contributed by atoms with Crippen LogP contribution in [0, 0.1) is 5.92 Å². The molecule has 154 valence electrons. The van der Waals surface area contributed by atoms with Crippen molar-refractivity contribution in [3.8, 4) is 11.5 Å². The maximum atomic E-state index is 12.6. The summed E-state index contributed by atoms with van der Waals surface area (Å²) in [6.07, 6.45) is 6.33. The van der Waals surface area contributed by atoms with Crippen LogP contribution in [0.1, 0.15) is 18.4 Å². The minimum absolute atomic E-state index is 0.0799. The summed E-state index contributed by atoms with van der Waals surface area (Å²) in [5.41, 5.74) is 1.97. The van der Waals surface area contributed by atoms with Crippen LogP contribution in [0.25, 0.3) is 0 Å². The molecule has 1 aliphatic carbocycles. The number of nitrogens with one attached hydrogen (secondary N) is 1. The maximum Gasteiger partial charge on any atom is 0.321 e. The normalized spacial score (nSPS) is 16.4. The van der Waals surface area contributed by atoms with Gasteiger partial charge in [0, 0.05) is 56.4 Å². The van der Waals surface area contributed by atoms with Gasteiger partial charge >= 0.3 is 6.03 Å². The van der Waals surface area contributed by atoms with Gasteiger partial charge in [0.1, 0.15) is 0 Å². The highest BCUT2D eigenvalue weighted by Gasteiger charge is 2.37. The highest BCUT2D eigenvalue weighted by molar-refractivity contribution is 5.90. The standard InChI is InChI=1S/C22H28N4O3/c1-28-20-6-5-18(11-21(20)29-2)24-22(27)26-14-19(15-26)25(12-16-3-4-16)13-17-7-9-23-10-8-17/h5-11,16,19H,3-4,12-15H2,1-2H3,(H,24,27). The van der Waals surface area contributed by atoms with Crippen molar-refractivity contribution in [2.45, 2.75) is 25.4 Å². The molecule has 1 aromatic heterocycles. The van der Waals surface area contributed by atoms with E-state index in [9.17, 15) is 4.79 Å². The molecule has 2 aromatic rings. The first-order valence-electron chi connectivity index (χ1n) is 10.1. The van der Waals surface area contributed by atoms with Crippen LogP contribution in [-0.4, -0.2) is 60.7 Å². The molecule has 29 heavy (non-hydrogen) atoms. The van der Waals surface area contributed by atoms with Crippen LogP contribution in [0.5, 0.6) is 11.5 Å². The molecule has 0 atom stereocenters. The Bertz CT molecular complexity index is 835. The summed E-state index contributed by atoms with van der Waals surface area (Å²) in [6.45, 7) is 3.51. The molecule has 1 saturated carbocycles. The summed E-state index contributed by atoms with van der Waals surface area (Å²) in [6, 6.07) is 9.85. The van der Waals surface area contributed by atoms with Gasteiger partial charge in [-0.25, -0.2) is 4.79 Å². The van der Waals surface area contributed by atoms with Crippen LogP contribution in [0.4, 0.5) is 10.5 Å². The quantitative estimate of drug-likeness (QED) is 0.742. The van der Waals surface area contributed by atoms with Crippen LogP contribution in [0.15, 0.2) is 42.7 Å². The molecule has 1 N–H and O–H groups in total. The first kappa shape index (κ1) is 19.5. The van der Waals surface area contributed by atoms with E-state index in [0.717, 1.165) is 32.1 Å². The molecule has 2 amide bonds. The number of carbonyl (C=O) groups is 1. The molecule has 0 unspecified atom stereocenters. The SMILES string of the molecule is COc1ccc(NC(=O)N2CC(N(Cc3ccncc3)CC3CC3)C2)cc1OC. The average Bonchev–Trinajstić information content (AvgIpc) is 3.51. The predicted octanol–water partition coefficient (Wildman–Crippen LogP) is 3.23. The second kappa shape index (κ2) is 8.69. The highest BCUT2D eigenvalue weighted by atomic mass is 16.5. The van der Waals surface area contributed by atoms with Crippen molar-refractivity contribution in [1.82, 2.24) is 14.8 Å². The number of hydrogen-bond donors (Lipinski definition) is 1. The first-order valence-corrected chi connectivity index (χ1v) is 10.1. The number of amides is 2. The van der Waals surface area contributed by atoms with Crippen LogP contribution < -0.4 is 14.8 Å². The van der Waals surface area contributed by atoms with E-state index in [4.69, 9.17) is 9.47 Å². The van der Waals surface area contributed by atoms with Gasteiger partial charge in [0.05, 0.1) is 14.2 Å². The number of aromatic nitrogens is 1. The lowest BCUT2D eigenvalue weighted by molar-refractivity contribution is 0.0530. The lowest BCUT2D eigenvalue weighted by atomic mass is 10.1. The number of methoxy groups -OCH3 is 2. The molecule has 2 heterocycles. The summed E-state index contributed by atoms with van der Waals surface area (Å²) in [4.78, 5) is 21.1. The Morgan fingerprint density at radius 2 is 1.86 bits per heavy atom. The second-order valence-corrected chi connectivity index (χ2v) is 7.79. The van der Waals surface area contributed by atoms with Crippen molar-refractivity contribution < 1.29 is 14.3 Å². The molecule has 7 nitrogen and oxygen atoms in total. The molecule has 2 aliphatic rings. The monoisotopic (exact) mass is 396 g/mol. The first-order chi connectivity index (χ1) is 14.2. The van der Waals surface area contributed by atoms with E-state index >= 15 is 0 Å². The third-order valence-electron chi connectivity index (χ3n) is 5.63. The van der Waals surface area contributed by atoms with E-state index in [1.165, 1.54) is 18.4 Å². The van der Waals surface area contributed by atoms with Crippen molar-refractivity contribution in [3.05, 3.63) is 48.3 Å². The van der Waals surface area contributed by atoms with Gasteiger partial charge in [-0.15, -0.1) is 0 Å². The van der Waals surface area contributed by atoms with Crippen molar-refractivity contribution >= 4 is 11.7 Å². The second-order valence-electron chi connectivity index (χ2n) is 7.79. The van der Waals surface area contributed by atoms with E-state index in [-0.39, 0.29) is 6.03 Å². The van der Waals surface area contributed by atoms with E-state index < -0.39 is 0 Å². The zero-order valence-corrected chi connectivity index (χ0v) is 17.0. The number of urea groups is 1. The van der Waals surface area contributed by atoms with Crippen LogP contribution in [0.2, 0.25) is 0 Å². The molecule has 1 saturated heterocycles. The summed E-state index contributed by atoms with van der Waals surface area (Å²) in [5.74, 6) is 2.05. The van der Waals surface area contributed by atoms with E-state index in [2.05, 4.69) is 27.3 Å². The molecule has 1 aromatic carbocycles. The average molecular weight is 396 g/mol. The number of pyridine rings is 1. The van der Waals surface area contributed by atoms with Gasteiger partial charge in [0.2, 0.25) is 0 Å². The lowest BCUT2D eigenvalue weighted by Crippen LogP contribution is -2.62. The summed E-state index contributed by atoms with van der Waals surface area (Å²) >= 11 is 0. The van der Waals surface area contributed by atoms with Crippen LogP contribution >= 0.6 is 0 Å². The summed E-state index contributed by atoms with van der Waals surface area (Å²) in [7, 11) is 3.18.